The lowest BCUT2D eigenvalue weighted by molar-refractivity contribution is 0.0586. The Morgan fingerprint density at radius 2 is 1.80 bits per heavy atom. The van der Waals surface area contributed by atoms with Crippen molar-refractivity contribution in [2.75, 3.05) is 12.0 Å². The van der Waals surface area contributed by atoms with Crippen molar-refractivity contribution < 1.29 is 28.4 Å². The summed E-state index contributed by atoms with van der Waals surface area (Å²) < 4.78 is 15.4. The predicted octanol–water partition coefficient (Wildman–Crippen LogP) is 3.80. The first-order chi connectivity index (χ1) is 14.4. The highest BCUT2D eigenvalue weighted by Gasteiger charge is 2.36. The number of anilines is 1. The molecule has 3 aromatic rings. The number of aryl methyl sites for hydroxylation is 1. The van der Waals surface area contributed by atoms with Crippen molar-refractivity contribution in [1.29, 1.82) is 0 Å². The summed E-state index contributed by atoms with van der Waals surface area (Å²) in [6.45, 7) is 1.61. The summed E-state index contributed by atoms with van der Waals surface area (Å²) in [5, 5.41) is 3.87. The van der Waals surface area contributed by atoms with E-state index in [9.17, 15) is 14.4 Å². The second kappa shape index (κ2) is 7.64. The second-order valence-corrected chi connectivity index (χ2v) is 6.86. The van der Waals surface area contributed by atoms with Crippen LogP contribution in [0.4, 0.5) is 5.69 Å². The molecule has 0 atom stereocenters. The van der Waals surface area contributed by atoms with Gasteiger partial charge in [-0.1, -0.05) is 28.9 Å². The standard InChI is InChI=1S/C21H15ClN2O6/c1-11-15(18(23-30-11)21(27)28-2)10-29-17-8-7-12(9-16(17)22)24-19(25)13-5-3-4-6-14(13)20(24)26/h3-9H,10H2,1-2H3. The van der Waals surface area contributed by atoms with Gasteiger partial charge in [-0.25, -0.2) is 9.69 Å². The summed E-state index contributed by atoms with van der Waals surface area (Å²) in [5.74, 6) is -0.758. The van der Waals surface area contributed by atoms with Crippen molar-refractivity contribution in [3.05, 3.63) is 75.6 Å². The van der Waals surface area contributed by atoms with E-state index in [0.29, 0.717) is 33.9 Å². The van der Waals surface area contributed by atoms with Gasteiger partial charge < -0.3 is 14.0 Å². The number of ether oxygens (including phenoxy) is 2. The number of carbonyl (C=O) groups excluding carboxylic acids is 3. The number of halogens is 1. The molecule has 0 fully saturated rings. The molecule has 0 aliphatic carbocycles. The molecule has 0 bridgehead atoms. The molecule has 1 aliphatic heterocycles. The van der Waals surface area contributed by atoms with Crippen LogP contribution in [0.1, 0.15) is 42.5 Å². The van der Waals surface area contributed by atoms with Gasteiger partial charge in [0, 0.05) is 0 Å². The number of aromatic nitrogens is 1. The van der Waals surface area contributed by atoms with Gasteiger partial charge in [0.1, 0.15) is 18.1 Å². The molecule has 0 radical (unpaired) electrons. The number of imide groups is 1. The molecular weight excluding hydrogens is 412 g/mol. The number of nitrogens with zero attached hydrogens (tertiary/aromatic N) is 2. The molecule has 152 valence electrons. The number of carbonyl (C=O) groups is 3. The topological polar surface area (TPSA) is 98.9 Å². The van der Waals surface area contributed by atoms with E-state index in [1.54, 1.807) is 43.3 Å². The van der Waals surface area contributed by atoms with Crippen molar-refractivity contribution >= 4 is 35.1 Å². The summed E-state index contributed by atoms with van der Waals surface area (Å²) in [6, 6.07) is 11.2. The van der Waals surface area contributed by atoms with Gasteiger partial charge in [-0.3, -0.25) is 9.59 Å². The molecule has 0 spiro atoms. The van der Waals surface area contributed by atoms with Crippen LogP contribution in [0.5, 0.6) is 5.75 Å². The Bertz CT molecular complexity index is 1150. The lowest BCUT2D eigenvalue weighted by Crippen LogP contribution is -2.29. The predicted molar refractivity (Wildman–Crippen MR) is 106 cm³/mol. The van der Waals surface area contributed by atoms with Crippen LogP contribution in [-0.2, 0) is 11.3 Å². The molecule has 2 heterocycles. The van der Waals surface area contributed by atoms with Crippen molar-refractivity contribution in [2.24, 2.45) is 0 Å². The third-order valence-electron chi connectivity index (χ3n) is 4.70. The van der Waals surface area contributed by atoms with Crippen LogP contribution in [0.3, 0.4) is 0 Å². The molecule has 1 aromatic heterocycles. The maximum Gasteiger partial charge on any atom is 0.360 e. The molecule has 0 N–H and O–H groups in total. The quantitative estimate of drug-likeness (QED) is 0.452. The number of hydrogen-bond acceptors (Lipinski definition) is 7. The molecular formula is C21H15ClN2O6. The summed E-state index contributed by atoms with van der Waals surface area (Å²) in [4.78, 5) is 38.1. The molecule has 8 nitrogen and oxygen atoms in total. The minimum absolute atomic E-state index is 0.0220. The highest BCUT2D eigenvalue weighted by Crippen LogP contribution is 2.34. The minimum Gasteiger partial charge on any atom is -0.487 e. The summed E-state index contributed by atoms with van der Waals surface area (Å²) in [7, 11) is 1.24. The summed E-state index contributed by atoms with van der Waals surface area (Å²) in [6.07, 6.45) is 0. The Morgan fingerprint density at radius 1 is 1.13 bits per heavy atom. The van der Waals surface area contributed by atoms with Gasteiger partial charge in [-0.05, 0) is 37.3 Å². The fourth-order valence-electron chi connectivity index (χ4n) is 3.14. The number of methoxy groups -OCH3 is 1. The van der Waals surface area contributed by atoms with Gasteiger partial charge in [-0.2, -0.15) is 0 Å². The lowest BCUT2D eigenvalue weighted by Gasteiger charge is -2.16. The Labute approximate surface area is 175 Å². The van der Waals surface area contributed by atoms with E-state index in [1.807, 2.05) is 0 Å². The van der Waals surface area contributed by atoms with Crippen molar-refractivity contribution in [3.8, 4) is 5.75 Å². The van der Waals surface area contributed by atoms with Crippen molar-refractivity contribution in [1.82, 2.24) is 5.16 Å². The van der Waals surface area contributed by atoms with E-state index < -0.39 is 17.8 Å². The number of esters is 1. The monoisotopic (exact) mass is 426 g/mol. The first-order valence-corrected chi connectivity index (χ1v) is 9.23. The van der Waals surface area contributed by atoms with Gasteiger partial charge in [-0.15, -0.1) is 0 Å². The van der Waals surface area contributed by atoms with Crippen molar-refractivity contribution in [2.45, 2.75) is 13.5 Å². The van der Waals surface area contributed by atoms with Crippen LogP contribution in [0, 0.1) is 6.92 Å². The molecule has 0 saturated carbocycles. The maximum atomic E-state index is 12.6. The van der Waals surface area contributed by atoms with Crippen LogP contribution in [0.15, 0.2) is 47.0 Å². The molecule has 2 amide bonds. The van der Waals surface area contributed by atoms with Gasteiger partial charge in [0.05, 0.1) is 34.5 Å². The largest absolute Gasteiger partial charge is 0.487 e. The van der Waals surface area contributed by atoms with Gasteiger partial charge in [0.15, 0.2) is 5.69 Å². The number of benzene rings is 2. The Morgan fingerprint density at radius 3 is 2.40 bits per heavy atom. The SMILES string of the molecule is COC(=O)c1noc(C)c1COc1ccc(N2C(=O)c3ccccc3C2=O)cc1Cl. The average molecular weight is 427 g/mol. The smallest absolute Gasteiger partial charge is 0.360 e. The number of amides is 2. The molecule has 1 aliphatic rings. The Hall–Kier alpha value is -3.65. The third-order valence-corrected chi connectivity index (χ3v) is 5.00. The van der Waals surface area contributed by atoms with Crippen LogP contribution in [-0.4, -0.2) is 30.1 Å². The van der Waals surface area contributed by atoms with Crippen LogP contribution in [0.2, 0.25) is 5.02 Å². The van der Waals surface area contributed by atoms with E-state index in [1.165, 1.54) is 13.2 Å². The molecule has 0 unspecified atom stereocenters. The fourth-order valence-corrected chi connectivity index (χ4v) is 3.37. The van der Waals surface area contributed by atoms with Gasteiger partial charge in [0.25, 0.3) is 11.8 Å². The van der Waals surface area contributed by atoms with Gasteiger partial charge in [0.2, 0.25) is 0 Å². The highest BCUT2D eigenvalue weighted by molar-refractivity contribution is 6.36. The maximum absolute atomic E-state index is 12.6. The normalized spacial score (nSPS) is 12.8. The number of fused-ring (bicyclic) bond motifs is 1. The van der Waals surface area contributed by atoms with E-state index in [0.717, 1.165) is 4.90 Å². The average Bonchev–Trinajstić information content (AvgIpc) is 3.24. The zero-order valence-electron chi connectivity index (χ0n) is 16.0. The van der Waals surface area contributed by atoms with E-state index in [2.05, 4.69) is 9.89 Å². The third kappa shape index (κ3) is 3.21. The molecule has 30 heavy (non-hydrogen) atoms. The minimum atomic E-state index is -0.641. The summed E-state index contributed by atoms with van der Waals surface area (Å²) >= 11 is 6.32. The Kier molecular flexibility index (Phi) is 5.01. The fraction of sp³-hybridized carbons (Fsp3) is 0.143. The van der Waals surface area contributed by atoms with Crippen molar-refractivity contribution in [3.63, 3.8) is 0 Å². The van der Waals surface area contributed by atoms with Gasteiger partial charge >= 0.3 is 5.97 Å². The number of hydrogen-bond donors (Lipinski definition) is 0. The molecule has 9 heteroatoms. The first-order valence-electron chi connectivity index (χ1n) is 8.86. The van der Waals surface area contributed by atoms with E-state index in [-0.39, 0.29) is 17.3 Å². The van der Waals surface area contributed by atoms with Crippen LogP contribution in [0.25, 0.3) is 0 Å². The molecule has 0 saturated heterocycles. The lowest BCUT2D eigenvalue weighted by atomic mass is 10.1. The first kappa shape index (κ1) is 19.7. The van der Waals surface area contributed by atoms with E-state index in [4.69, 9.17) is 20.9 Å². The van der Waals surface area contributed by atoms with Crippen LogP contribution >= 0.6 is 11.6 Å². The zero-order chi connectivity index (χ0) is 21.4. The second-order valence-electron chi connectivity index (χ2n) is 6.45. The van der Waals surface area contributed by atoms with Crippen LogP contribution < -0.4 is 9.64 Å². The van der Waals surface area contributed by atoms with E-state index >= 15 is 0 Å². The highest BCUT2D eigenvalue weighted by atomic mass is 35.5. The Balaban J connectivity index is 1.56. The summed E-state index contributed by atoms with van der Waals surface area (Å²) in [5.41, 5.74) is 1.47. The molecule has 4 rings (SSSR count). The zero-order valence-corrected chi connectivity index (χ0v) is 16.7. The molecule has 2 aromatic carbocycles. The number of rotatable bonds is 5.